The van der Waals surface area contributed by atoms with E-state index >= 15 is 0 Å². The van der Waals surface area contributed by atoms with E-state index in [-0.39, 0.29) is 0 Å². The van der Waals surface area contributed by atoms with E-state index in [1.54, 1.807) is 0 Å². The van der Waals surface area contributed by atoms with Gasteiger partial charge in [-0.15, -0.1) is 0 Å². The van der Waals surface area contributed by atoms with Crippen molar-refractivity contribution in [3.8, 4) is 0 Å². The molecule has 0 aromatic carbocycles. The molecule has 1 rings (SSSR count). The minimum absolute atomic E-state index is 0.584. The zero-order chi connectivity index (χ0) is 10.6. The van der Waals surface area contributed by atoms with Gasteiger partial charge in [0.25, 0.3) is 0 Å². The van der Waals surface area contributed by atoms with Crippen LogP contribution in [0.15, 0.2) is 16.5 Å². The highest BCUT2D eigenvalue weighted by atomic mass is 16.3. The van der Waals surface area contributed by atoms with Crippen LogP contribution in [0, 0.1) is 12.8 Å². The molecule has 0 radical (unpaired) electrons. The summed E-state index contributed by atoms with van der Waals surface area (Å²) in [7, 11) is 0. The first-order valence-corrected chi connectivity index (χ1v) is 5.42. The molecule has 1 aromatic rings. The lowest BCUT2D eigenvalue weighted by atomic mass is 10.0. The van der Waals surface area contributed by atoms with E-state index in [1.807, 2.05) is 19.1 Å². The Bertz CT molecular complexity index is 265. The third kappa shape index (κ3) is 3.18. The smallest absolute Gasteiger partial charge is 0.117 e. The average molecular weight is 195 g/mol. The summed E-state index contributed by atoms with van der Waals surface area (Å²) in [5.41, 5.74) is 0. The highest BCUT2D eigenvalue weighted by Gasteiger charge is 2.10. The molecule has 2 heteroatoms. The standard InChI is InChI=1S/C12H21NO/c1-5-12(9(2)3)13-8-11-7-6-10(4)14-11/h6-7,9,12-13H,5,8H2,1-4H3. The lowest BCUT2D eigenvalue weighted by Crippen LogP contribution is -2.32. The van der Waals surface area contributed by atoms with Crippen LogP contribution in [0.3, 0.4) is 0 Å². The van der Waals surface area contributed by atoms with E-state index in [0.717, 1.165) is 24.5 Å². The summed E-state index contributed by atoms with van der Waals surface area (Å²) in [6.45, 7) is 9.52. The first kappa shape index (κ1) is 11.3. The molecule has 0 spiro atoms. The molecule has 1 N–H and O–H groups in total. The van der Waals surface area contributed by atoms with Crippen LogP contribution in [-0.4, -0.2) is 6.04 Å². The Morgan fingerprint density at radius 2 is 2.07 bits per heavy atom. The molecule has 80 valence electrons. The summed E-state index contributed by atoms with van der Waals surface area (Å²) in [5, 5.41) is 3.50. The van der Waals surface area contributed by atoms with Crippen LogP contribution < -0.4 is 5.32 Å². The topological polar surface area (TPSA) is 25.2 Å². The largest absolute Gasteiger partial charge is 0.465 e. The average Bonchev–Trinajstić information content (AvgIpc) is 2.52. The predicted molar refractivity (Wildman–Crippen MR) is 59.2 cm³/mol. The number of hydrogen-bond donors (Lipinski definition) is 1. The fourth-order valence-corrected chi connectivity index (χ4v) is 1.66. The molecule has 1 heterocycles. The molecule has 0 aliphatic carbocycles. The van der Waals surface area contributed by atoms with Gasteiger partial charge < -0.3 is 9.73 Å². The molecule has 1 unspecified atom stereocenters. The molecule has 2 nitrogen and oxygen atoms in total. The van der Waals surface area contributed by atoms with Crippen molar-refractivity contribution in [3.63, 3.8) is 0 Å². The van der Waals surface area contributed by atoms with Crippen molar-refractivity contribution >= 4 is 0 Å². The van der Waals surface area contributed by atoms with Crippen molar-refractivity contribution in [3.05, 3.63) is 23.7 Å². The van der Waals surface area contributed by atoms with Gasteiger partial charge in [0.2, 0.25) is 0 Å². The lowest BCUT2D eigenvalue weighted by Gasteiger charge is -2.19. The number of nitrogens with one attached hydrogen (secondary N) is 1. The Morgan fingerprint density at radius 1 is 1.36 bits per heavy atom. The minimum atomic E-state index is 0.584. The van der Waals surface area contributed by atoms with Crippen molar-refractivity contribution in [1.82, 2.24) is 5.32 Å². The molecule has 0 aliphatic heterocycles. The van der Waals surface area contributed by atoms with Crippen LogP contribution in [0.5, 0.6) is 0 Å². The van der Waals surface area contributed by atoms with E-state index in [2.05, 4.69) is 26.1 Å². The maximum atomic E-state index is 5.50. The lowest BCUT2D eigenvalue weighted by molar-refractivity contribution is 0.363. The van der Waals surface area contributed by atoms with Crippen LogP contribution in [0.4, 0.5) is 0 Å². The van der Waals surface area contributed by atoms with Gasteiger partial charge in [-0.25, -0.2) is 0 Å². The highest BCUT2D eigenvalue weighted by molar-refractivity contribution is 5.05. The maximum Gasteiger partial charge on any atom is 0.117 e. The van der Waals surface area contributed by atoms with Gasteiger partial charge in [0, 0.05) is 6.04 Å². The normalized spacial score (nSPS) is 13.5. The summed E-state index contributed by atoms with van der Waals surface area (Å²) in [6.07, 6.45) is 1.16. The van der Waals surface area contributed by atoms with Crippen LogP contribution in [0.2, 0.25) is 0 Å². The SMILES string of the molecule is CCC(NCc1ccc(C)o1)C(C)C. The van der Waals surface area contributed by atoms with Gasteiger partial charge in [0.1, 0.15) is 11.5 Å². The second-order valence-corrected chi connectivity index (χ2v) is 4.15. The van der Waals surface area contributed by atoms with Gasteiger partial charge in [-0.3, -0.25) is 0 Å². The summed E-state index contributed by atoms with van der Waals surface area (Å²) < 4.78 is 5.50. The summed E-state index contributed by atoms with van der Waals surface area (Å²) in [4.78, 5) is 0. The molecule has 0 aliphatic rings. The van der Waals surface area contributed by atoms with Crippen LogP contribution in [0.25, 0.3) is 0 Å². The molecule has 0 amide bonds. The summed E-state index contributed by atoms with van der Waals surface area (Å²) in [6, 6.07) is 4.63. The first-order chi connectivity index (χ1) is 6.63. The van der Waals surface area contributed by atoms with Gasteiger partial charge in [-0.1, -0.05) is 20.8 Å². The molecular formula is C12H21NO. The van der Waals surface area contributed by atoms with E-state index < -0.39 is 0 Å². The number of rotatable bonds is 5. The molecule has 1 atom stereocenters. The maximum absolute atomic E-state index is 5.50. The quantitative estimate of drug-likeness (QED) is 0.781. The first-order valence-electron chi connectivity index (χ1n) is 5.42. The third-order valence-electron chi connectivity index (χ3n) is 2.58. The molecule has 0 fully saturated rings. The van der Waals surface area contributed by atoms with Crippen molar-refractivity contribution in [2.75, 3.05) is 0 Å². The number of furan rings is 1. The summed E-state index contributed by atoms with van der Waals surface area (Å²) in [5.74, 6) is 2.69. The van der Waals surface area contributed by atoms with Crippen LogP contribution in [0.1, 0.15) is 38.7 Å². The zero-order valence-corrected chi connectivity index (χ0v) is 9.63. The Kier molecular flexibility index (Phi) is 4.21. The predicted octanol–water partition coefficient (Wildman–Crippen LogP) is 3.11. The Balaban J connectivity index is 2.39. The van der Waals surface area contributed by atoms with Crippen LogP contribution in [-0.2, 0) is 6.54 Å². The minimum Gasteiger partial charge on any atom is -0.465 e. The van der Waals surface area contributed by atoms with Crippen LogP contribution >= 0.6 is 0 Å². The Hall–Kier alpha value is -0.760. The number of aryl methyl sites for hydroxylation is 1. The fraction of sp³-hybridized carbons (Fsp3) is 0.667. The van der Waals surface area contributed by atoms with E-state index in [9.17, 15) is 0 Å². The van der Waals surface area contributed by atoms with Crippen molar-refractivity contribution < 1.29 is 4.42 Å². The molecular weight excluding hydrogens is 174 g/mol. The van der Waals surface area contributed by atoms with E-state index in [1.165, 1.54) is 0 Å². The molecule has 0 bridgehead atoms. The number of hydrogen-bond acceptors (Lipinski definition) is 2. The van der Waals surface area contributed by atoms with E-state index in [0.29, 0.717) is 12.0 Å². The monoisotopic (exact) mass is 195 g/mol. The Labute approximate surface area is 86.7 Å². The molecule has 0 saturated carbocycles. The molecule has 1 aromatic heterocycles. The van der Waals surface area contributed by atoms with Crippen molar-refractivity contribution in [2.45, 2.75) is 46.7 Å². The zero-order valence-electron chi connectivity index (χ0n) is 9.63. The highest BCUT2D eigenvalue weighted by Crippen LogP contribution is 2.09. The van der Waals surface area contributed by atoms with Gasteiger partial charge in [0.05, 0.1) is 6.54 Å². The van der Waals surface area contributed by atoms with Crippen molar-refractivity contribution in [2.24, 2.45) is 5.92 Å². The van der Waals surface area contributed by atoms with E-state index in [4.69, 9.17) is 4.42 Å². The molecule has 14 heavy (non-hydrogen) atoms. The molecule has 0 saturated heterocycles. The second kappa shape index (κ2) is 5.20. The Morgan fingerprint density at radius 3 is 2.50 bits per heavy atom. The van der Waals surface area contributed by atoms with Gasteiger partial charge in [-0.05, 0) is 31.4 Å². The van der Waals surface area contributed by atoms with Gasteiger partial charge >= 0.3 is 0 Å². The van der Waals surface area contributed by atoms with Gasteiger partial charge in [-0.2, -0.15) is 0 Å². The fourth-order valence-electron chi connectivity index (χ4n) is 1.66. The van der Waals surface area contributed by atoms with Crippen molar-refractivity contribution in [1.29, 1.82) is 0 Å². The third-order valence-corrected chi connectivity index (χ3v) is 2.58. The van der Waals surface area contributed by atoms with Gasteiger partial charge in [0.15, 0.2) is 0 Å². The summed E-state index contributed by atoms with van der Waals surface area (Å²) >= 11 is 0. The second-order valence-electron chi connectivity index (χ2n) is 4.15.